The molecule has 6 heteroatoms. The minimum Gasteiger partial charge on any atom is -0.394 e. The Labute approximate surface area is 118 Å². The molecule has 1 saturated carbocycles. The van der Waals surface area contributed by atoms with Crippen molar-refractivity contribution in [2.75, 3.05) is 13.2 Å². The first-order chi connectivity index (χ1) is 9.54. The second-order valence-electron chi connectivity index (χ2n) is 6.64. The third kappa shape index (κ3) is 1.94. The number of aliphatic hydroxyl groups is 5. The van der Waals surface area contributed by atoms with E-state index in [1.165, 1.54) is 6.42 Å². The molecule has 0 bridgehead atoms. The standard InChI is InChI=1S/C14H25NO5/c16-7-14-12(10(18)8-4-2-1-3-5-8)15(14)6-9(17)11(19)13(14)20/h8-13,16-20H,1-7H2/t9-,10+,11+,12?,13-,14-,15?/m0/s1. The van der Waals surface area contributed by atoms with Crippen LogP contribution in [-0.4, -0.2) is 79.6 Å². The van der Waals surface area contributed by atoms with Gasteiger partial charge in [-0.1, -0.05) is 19.3 Å². The summed E-state index contributed by atoms with van der Waals surface area (Å²) in [5.74, 6) is 0.185. The molecule has 2 aliphatic heterocycles. The molecule has 3 fully saturated rings. The monoisotopic (exact) mass is 287 g/mol. The Morgan fingerprint density at radius 1 is 1.10 bits per heavy atom. The summed E-state index contributed by atoms with van der Waals surface area (Å²) in [6.07, 6.45) is 1.21. The molecule has 0 spiro atoms. The molecule has 1 aliphatic carbocycles. The van der Waals surface area contributed by atoms with Crippen LogP contribution in [0.2, 0.25) is 0 Å². The number of rotatable bonds is 3. The molecule has 3 aliphatic rings. The maximum atomic E-state index is 10.6. The number of β-amino-alcohol motifs (C(OH)–C–C–N with tert-alkyl or cyclic N) is 1. The summed E-state index contributed by atoms with van der Waals surface area (Å²) in [5, 5.41) is 50.1. The normalized spacial score (nSPS) is 50.5. The van der Waals surface area contributed by atoms with Gasteiger partial charge in [-0.15, -0.1) is 0 Å². The smallest absolute Gasteiger partial charge is 0.109 e. The molecule has 0 aromatic heterocycles. The molecular weight excluding hydrogens is 262 g/mol. The average Bonchev–Trinajstić information content (AvgIpc) is 3.14. The van der Waals surface area contributed by atoms with Crippen LogP contribution in [0.4, 0.5) is 0 Å². The van der Waals surface area contributed by atoms with Crippen LogP contribution in [0.25, 0.3) is 0 Å². The summed E-state index contributed by atoms with van der Waals surface area (Å²) in [6.45, 7) is -0.125. The van der Waals surface area contributed by atoms with Crippen molar-refractivity contribution in [3.63, 3.8) is 0 Å². The van der Waals surface area contributed by atoms with Crippen molar-refractivity contribution < 1.29 is 25.5 Å². The van der Waals surface area contributed by atoms with Gasteiger partial charge in [-0.2, -0.15) is 0 Å². The quantitative estimate of drug-likeness (QED) is 0.402. The van der Waals surface area contributed by atoms with Crippen molar-refractivity contribution in [1.29, 1.82) is 0 Å². The van der Waals surface area contributed by atoms with E-state index in [9.17, 15) is 25.5 Å². The second kappa shape index (κ2) is 5.19. The lowest BCUT2D eigenvalue weighted by molar-refractivity contribution is -0.115. The Morgan fingerprint density at radius 2 is 1.75 bits per heavy atom. The van der Waals surface area contributed by atoms with Crippen LogP contribution >= 0.6 is 0 Å². The summed E-state index contributed by atoms with van der Waals surface area (Å²) >= 11 is 0. The molecule has 0 aromatic carbocycles. The molecular formula is C14H25NO5. The van der Waals surface area contributed by atoms with Crippen molar-refractivity contribution in [2.45, 2.75) is 68.1 Å². The Balaban J connectivity index is 1.77. The van der Waals surface area contributed by atoms with E-state index in [0.717, 1.165) is 25.7 Å². The van der Waals surface area contributed by atoms with Gasteiger partial charge in [-0.05, 0) is 18.8 Å². The fraction of sp³-hybridized carbons (Fsp3) is 1.00. The van der Waals surface area contributed by atoms with Gasteiger partial charge in [-0.3, -0.25) is 4.90 Å². The average molecular weight is 287 g/mol. The Hall–Kier alpha value is -0.240. The molecule has 7 atom stereocenters. The van der Waals surface area contributed by atoms with Crippen LogP contribution < -0.4 is 0 Å². The topological polar surface area (TPSA) is 104 Å². The number of piperidine rings is 1. The van der Waals surface area contributed by atoms with Gasteiger partial charge in [0.1, 0.15) is 12.2 Å². The summed E-state index contributed by atoms with van der Waals surface area (Å²) in [7, 11) is 0. The molecule has 2 saturated heterocycles. The van der Waals surface area contributed by atoms with E-state index in [1.54, 1.807) is 4.90 Å². The highest BCUT2D eigenvalue weighted by molar-refractivity contribution is 5.27. The molecule has 2 heterocycles. The van der Waals surface area contributed by atoms with Crippen molar-refractivity contribution in [1.82, 2.24) is 4.90 Å². The van der Waals surface area contributed by atoms with Gasteiger partial charge in [-0.25, -0.2) is 0 Å². The van der Waals surface area contributed by atoms with E-state index in [0.29, 0.717) is 0 Å². The van der Waals surface area contributed by atoms with Crippen molar-refractivity contribution >= 4 is 0 Å². The molecule has 116 valence electrons. The van der Waals surface area contributed by atoms with E-state index >= 15 is 0 Å². The third-order valence-corrected chi connectivity index (χ3v) is 5.64. The number of hydrogen-bond donors (Lipinski definition) is 5. The zero-order chi connectivity index (χ0) is 14.5. The summed E-state index contributed by atoms with van der Waals surface area (Å²) in [6, 6.07) is -0.364. The summed E-state index contributed by atoms with van der Waals surface area (Å²) in [5.41, 5.74) is -0.977. The molecule has 5 N–H and O–H groups in total. The summed E-state index contributed by atoms with van der Waals surface area (Å²) < 4.78 is 0. The number of aliphatic hydroxyl groups excluding tert-OH is 5. The molecule has 0 aromatic rings. The predicted molar refractivity (Wildman–Crippen MR) is 70.9 cm³/mol. The largest absolute Gasteiger partial charge is 0.394 e. The van der Waals surface area contributed by atoms with Crippen LogP contribution in [0.5, 0.6) is 0 Å². The summed E-state index contributed by atoms with van der Waals surface area (Å²) in [4.78, 5) is 1.76. The second-order valence-corrected chi connectivity index (χ2v) is 6.64. The van der Waals surface area contributed by atoms with Crippen LogP contribution in [0, 0.1) is 5.92 Å². The number of nitrogens with zero attached hydrogens (tertiary/aromatic N) is 1. The van der Waals surface area contributed by atoms with E-state index in [-0.39, 0.29) is 25.1 Å². The van der Waals surface area contributed by atoms with Crippen molar-refractivity contribution in [3.8, 4) is 0 Å². The highest BCUT2D eigenvalue weighted by atomic mass is 16.4. The Bertz CT molecular complexity index is 361. The maximum Gasteiger partial charge on any atom is 0.109 e. The van der Waals surface area contributed by atoms with Gasteiger partial charge >= 0.3 is 0 Å². The van der Waals surface area contributed by atoms with E-state index in [1.807, 2.05) is 0 Å². The van der Waals surface area contributed by atoms with Crippen LogP contribution in [-0.2, 0) is 0 Å². The van der Waals surface area contributed by atoms with E-state index in [2.05, 4.69) is 0 Å². The third-order valence-electron chi connectivity index (χ3n) is 5.64. The van der Waals surface area contributed by atoms with Crippen molar-refractivity contribution in [3.05, 3.63) is 0 Å². The maximum absolute atomic E-state index is 10.6. The molecule has 2 unspecified atom stereocenters. The first kappa shape index (κ1) is 14.7. The minimum atomic E-state index is -1.26. The molecule has 6 nitrogen and oxygen atoms in total. The van der Waals surface area contributed by atoms with Crippen LogP contribution in [0.1, 0.15) is 32.1 Å². The zero-order valence-electron chi connectivity index (χ0n) is 11.6. The lowest BCUT2D eigenvalue weighted by atomic mass is 9.80. The fourth-order valence-electron chi connectivity index (χ4n) is 4.37. The number of fused-ring (bicyclic) bond motifs is 1. The van der Waals surface area contributed by atoms with Crippen LogP contribution in [0.3, 0.4) is 0 Å². The highest BCUT2D eigenvalue weighted by Gasteiger charge is 2.73. The van der Waals surface area contributed by atoms with Crippen molar-refractivity contribution in [2.24, 2.45) is 5.92 Å². The van der Waals surface area contributed by atoms with E-state index < -0.39 is 30.0 Å². The first-order valence-electron chi connectivity index (χ1n) is 7.64. The molecule has 20 heavy (non-hydrogen) atoms. The van der Waals surface area contributed by atoms with Gasteiger partial charge in [0.25, 0.3) is 0 Å². The Morgan fingerprint density at radius 3 is 2.35 bits per heavy atom. The SMILES string of the molecule is OC[C@@]12C([C@H](O)C3CCCCC3)N1C[C@H](O)[C@@H](O)[C@@H]2O. The first-order valence-corrected chi connectivity index (χ1v) is 7.64. The van der Waals surface area contributed by atoms with Crippen LogP contribution in [0.15, 0.2) is 0 Å². The van der Waals surface area contributed by atoms with Gasteiger partial charge in [0.15, 0.2) is 0 Å². The lowest BCUT2D eigenvalue weighted by Gasteiger charge is -2.34. The lowest BCUT2D eigenvalue weighted by Crippen LogP contribution is -2.57. The molecule has 0 radical (unpaired) electrons. The van der Waals surface area contributed by atoms with E-state index in [4.69, 9.17) is 0 Å². The predicted octanol–water partition coefficient (Wildman–Crippen LogP) is -1.56. The zero-order valence-corrected chi connectivity index (χ0v) is 11.6. The molecule has 3 rings (SSSR count). The minimum absolute atomic E-state index is 0.185. The van der Waals surface area contributed by atoms with Gasteiger partial charge in [0, 0.05) is 6.54 Å². The number of hydrogen-bond acceptors (Lipinski definition) is 6. The Kier molecular flexibility index (Phi) is 3.81. The van der Waals surface area contributed by atoms with Gasteiger partial charge in [0.05, 0.1) is 30.4 Å². The highest BCUT2D eigenvalue weighted by Crippen LogP contribution is 2.52. The van der Waals surface area contributed by atoms with Gasteiger partial charge < -0.3 is 25.5 Å². The molecule has 0 amide bonds. The van der Waals surface area contributed by atoms with Gasteiger partial charge in [0.2, 0.25) is 0 Å². The fourth-order valence-corrected chi connectivity index (χ4v) is 4.37.